The van der Waals surface area contributed by atoms with Crippen LogP contribution < -0.4 is 15.8 Å². The molecule has 1 aliphatic heterocycles. The average molecular weight is 421 g/mol. The van der Waals surface area contributed by atoms with Crippen molar-refractivity contribution in [1.29, 1.82) is 0 Å². The Hall–Kier alpha value is -4.05. The van der Waals surface area contributed by atoms with Crippen molar-refractivity contribution in [3.63, 3.8) is 0 Å². The van der Waals surface area contributed by atoms with Gasteiger partial charge in [0.1, 0.15) is 5.75 Å². The molecule has 0 radical (unpaired) electrons. The third-order valence-electron chi connectivity index (χ3n) is 5.94. The number of nitrogens with one attached hydrogen (secondary N) is 1. The van der Waals surface area contributed by atoms with E-state index in [1.165, 1.54) is 0 Å². The summed E-state index contributed by atoms with van der Waals surface area (Å²) in [5.74, 6) is 0.270. The fraction of sp³-hybridized carbons (Fsp3) is 0.107. The SMILES string of the molecule is Cc1ccc(C2C(C(=O)NCc3ccccc3)=C(N)Oc3ccc4ccccc4c32)cc1. The highest BCUT2D eigenvalue weighted by Gasteiger charge is 2.35. The number of carbonyl (C=O) groups is 1. The van der Waals surface area contributed by atoms with Crippen molar-refractivity contribution in [3.05, 3.63) is 125 Å². The number of nitrogens with two attached hydrogens (primary N) is 1. The summed E-state index contributed by atoms with van der Waals surface area (Å²) >= 11 is 0. The number of benzene rings is 4. The van der Waals surface area contributed by atoms with Gasteiger partial charge in [-0.1, -0.05) is 90.5 Å². The van der Waals surface area contributed by atoms with E-state index < -0.39 is 0 Å². The molecule has 1 unspecified atom stereocenters. The van der Waals surface area contributed by atoms with E-state index in [9.17, 15) is 4.79 Å². The zero-order valence-electron chi connectivity index (χ0n) is 17.8. The molecule has 4 aromatic carbocycles. The maximum absolute atomic E-state index is 13.4. The van der Waals surface area contributed by atoms with Crippen LogP contribution in [0.5, 0.6) is 5.75 Å². The predicted molar refractivity (Wildman–Crippen MR) is 127 cm³/mol. The number of carbonyl (C=O) groups excluding carboxylic acids is 1. The molecule has 1 amide bonds. The minimum Gasteiger partial charge on any atom is -0.441 e. The third kappa shape index (κ3) is 3.60. The van der Waals surface area contributed by atoms with E-state index >= 15 is 0 Å². The number of hydrogen-bond donors (Lipinski definition) is 2. The van der Waals surface area contributed by atoms with Gasteiger partial charge in [-0.15, -0.1) is 0 Å². The minimum absolute atomic E-state index is 0.143. The van der Waals surface area contributed by atoms with E-state index in [4.69, 9.17) is 10.5 Å². The molecule has 3 N–H and O–H groups in total. The van der Waals surface area contributed by atoms with Crippen LogP contribution in [0.15, 0.2) is 102 Å². The van der Waals surface area contributed by atoms with Crippen LogP contribution in [0.4, 0.5) is 0 Å². The van der Waals surface area contributed by atoms with E-state index in [2.05, 4.69) is 48.6 Å². The Labute approximate surface area is 187 Å². The van der Waals surface area contributed by atoms with Gasteiger partial charge in [0, 0.05) is 18.0 Å². The maximum atomic E-state index is 13.4. The average Bonchev–Trinajstić information content (AvgIpc) is 2.82. The molecule has 1 aliphatic rings. The Balaban J connectivity index is 1.62. The molecule has 0 fully saturated rings. The lowest BCUT2D eigenvalue weighted by Gasteiger charge is -2.30. The summed E-state index contributed by atoms with van der Waals surface area (Å²) in [4.78, 5) is 13.4. The lowest BCUT2D eigenvalue weighted by atomic mass is 9.80. The number of ether oxygens (including phenoxy) is 1. The van der Waals surface area contributed by atoms with Crippen molar-refractivity contribution in [3.8, 4) is 5.75 Å². The normalized spacial score (nSPS) is 15.2. The minimum atomic E-state index is -0.332. The highest BCUT2D eigenvalue weighted by atomic mass is 16.5. The van der Waals surface area contributed by atoms with Crippen LogP contribution in [0.2, 0.25) is 0 Å². The zero-order valence-corrected chi connectivity index (χ0v) is 17.8. The van der Waals surface area contributed by atoms with Gasteiger partial charge in [0.25, 0.3) is 5.91 Å². The highest BCUT2D eigenvalue weighted by molar-refractivity contribution is 5.99. The molecule has 1 atom stereocenters. The topological polar surface area (TPSA) is 64.4 Å². The van der Waals surface area contributed by atoms with Gasteiger partial charge in [-0.2, -0.15) is 0 Å². The fourth-order valence-electron chi connectivity index (χ4n) is 4.33. The van der Waals surface area contributed by atoms with Crippen LogP contribution >= 0.6 is 0 Å². The smallest absolute Gasteiger partial charge is 0.253 e. The van der Waals surface area contributed by atoms with Gasteiger partial charge < -0.3 is 15.8 Å². The van der Waals surface area contributed by atoms with Gasteiger partial charge in [-0.3, -0.25) is 4.79 Å². The molecule has 0 spiro atoms. The van der Waals surface area contributed by atoms with Crippen molar-refractivity contribution < 1.29 is 9.53 Å². The summed E-state index contributed by atoms with van der Waals surface area (Å²) in [6.45, 7) is 2.47. The fourth-order valence-corrected chi connectivity index (χ4v) is 4.33. The van der Waals surface area contributed by atoms with Crippen molar-refractivity contribution >= 4 is 16.7 Å². The molecule has 4 heteroatoms. The van der Waals surface area contributed by atoms with Crippen LogP contribution in [0.1, 0.15) is 28.2 Å². The molecule has 0 saturated carbocycles. The number of hydrogen-bond acceptors (Lipinski definition) is 3. The first-order valence-corrected chi connectivity index (χ1v) is 10.7. The van der Waals surface area contributed by atoms with Gasteiger partial charge in [-0.05, 0) is 34.9 Å². The van der Waals surface area contributed by atoms with Gasteiger partial charge in [0.2, 0.25) is 5.88 Å². The van der Waals surface area contributed by atoms with Crippen molar-refractivity contribution in [1.82, 2.24) is 5.32 Å². The zero-order chi connectivity index (χ0) is 22.1. The summed E-state index contributed by atoms with van der Waals surface area (Å²) < 4.78 is 6.00. The molecular weight excluding hydrogens is 396 g/mol. The Morgan fingerprint density at radius 2 is 1.62 bits per heavy atom. The molecule has 32 heavy (non-hydrogen) atoms. The second-order valence-electron chi connectivity index (χ2n) is 8.09. The summed E-state index contributed by atoms with van der Waals surface area (Å²) in [6.07, 6.45) is 0. The molecular formula is C28H24N2O2. The first-order chi connectivity index (χ1) is 15.6. The van der Waals surface area contributed by atoms with Gasteiger partial charge >= 0.3 is 0 Å². The van der Waals surface area contributed by atoms with Gasteiger partial charge in [0.15, 0.2) is 0 Å². The van der Waals surface area contributed by atoms with Crippen LogP contribution in [-0.2, 0) is 11.3 Å². The first-order valence-electron chi connectivity index (χ1n) is 10.7. The quantitative estimate of drug-likeness (QED) is 0.479. The number of amides is 1. The van der Waals surface area contributed by atoms with Gasteiger partial charge in [-0.25, -0.2) is 0 Å². The van der Waals surface area contributed by atoms with Crippen LogP contribution in [0.25, 0.3) is 10.8 Å². The first kappa shape index (κ1) is 19.9. The van der Waals surface area contributed by atoms with Gasteiger partial charge in [0.05, 0.1) is 5.57 Å². The number of rotatable bonds is 4. The highest BCUT2D eigenvalue weighted by Crippen LogP contribution is 2.45. The van der Waals surface area contributed by atoms with E-state index in [-0.39, 0.29) is 17.7 Å². The standard InChI is InChI=1S/C28H24N2O2/c1-18-11-13-21(14-12-18)24-25-22-10-6-5-9-20(22)15-16-23(25)32-27(29)26(24)28(31)30-17-19-7-3-2-4-8-19/h2-16,24H,17,29H2,1H3,(H,30,31). The molecule has 4 nitrogen and oxygen atoms in total. The molecule has 4 aromatic rings. The Morgan fingerprint density at radius 1 is 0.906 bits per heavy atom. The van der Waals surface area contributed by atoms with Crippen molar-refractivity contribution in [2.75, 3.05) is 0 Å². The van der Waals surface area contributed by atoms with Crippen molar-refractivity contribution in [2.45, 2.75) is 19.4 Å². The summed E-state index contributed by atoms with van der Waals surface area (Å²) in [7, 11) is 0. The Morgan fingerprint density at radius 3 is 2.41 bits per heavy atom. The summed E-state index contributed by atoms with van der Waals surface area (Å²) in [6, 6.07) is 30.2. The lowest BCUT2D eigenvalue weighted by Crippen LogP contribution is -2.33. The number of fused-ring (bicyclic) bond motifs is 3. The monoisotopic (exact) mass is 420 g/mol. The summed E-state index contributed by atoms with van der Waals surface area (Å²) in [5.41, 5.74) is 10.9. The van der Waals surface area contributed by atoms with E-state index in [0.717, 1.165) is 33.0 Å². The third-order valence-corrected chi connectivity index (χ3v) is 5.94. The Kier molecular flexibility index (Phi) is 5.12. The molecule has 5 rings (SSSR count). The second-order valence-corrected chi connectivity index (χ2v) is 8.09. The predicted octanol–water partition coefficient (Wildman–Crippen LogP) is 5.16. The lowest BCUT2D eigenvalue weighted by molar-refractivity contribution is -0.118. The molecule has 0 bridgehead atoms. The van der Waals surface area contributed by atoms with Crippen LogP contribution in [-0.4, -0.2) is 5.91 Å². The summed E-state index contributed by atoms with van der Waals surface area (Å²) in [5, 5.41) is 5.18. The number of aryl methyl sites for hydroxylation is 1. The molecule has 158 valence electrons. The van der Waals surface area contributed by atoms with E-state index in [0.29, 0.717) is 17.9 Å². The molecule has 1 heterocycles. The van der Waals surface area contributed by atoms with Crippen LogP contribution in [0.3, 0.4) is 0 Å². The Bertz CT molecular complexity index is 1320. The van der Waals surface area contributed by atoms with E-state index in [1.54, 1.807) is 0 Å². The largest absolute Gasteiger partial charge is 0.441 e. The maximum Gasteiger partial charge on any atom is 0.253 e. The van der Waals surface area contributed by atoms with E-state index in [1.807, 2.05) is 54.6 Å². The second kappa shape index (κ2) is 8.23. The van der Waals surface area contributed by atoms with Crippen molar-refractivity contribution in [2.24, 2.45) is 5.73 Å². The molecule has 0 saturated heterocycles. The molecule has 0 aliphatic carbocycles. The van der Waals surface area contributed by atoms with Crippen LogP contribution in [0, 0.1) is 6.92 Å². The molecule has 0 aromatic heterocycles.